The molecule has 1 aromatic rings. The van der Waals surface area contributed by atoms with E-state index >= 15 is 0 Å². The molecular formula is C13H20N2O. The average Bonchev–Trinajstić information content (AvgIpc) is 2.29. The molecule has 88 valence electrons. The van der Waals surface area contributed by atoms with Crippen molar-refractivity contribution in [2.24, 2.45) is 5.41 Å². The summed E-state index contributed by atoms with van der Waals surface area (Å²) in [6.07, 6.45) is 5.33. The van der Waals surface area contributed by atoms with Crippen LogP contribution in [0.15, 0.2) is 18.2 Å². The van der Waals surface area contributed by atoms with Crippen molar-refractivity contribution in [1.29, 1.82) is 0 Å². The molecule has 0 spiro atoms. The molecule has 0 bridgehead atoms. The van der Waals surface area contributed by atoms with E-state index in [4.69, 9.17) is 4.74 Å². The fourth-order valence-corrected chi connectivity index (χ4v) is 2.24. The lowest BCUT2D eigenvalue weighted by Gasteiger charge is -2.41. The third-order valence-corrected chi connectivity index (χ3v) is 3.74. The maximum Gasteiger partial charge on any atom is 0.214 e. The highest BCUT2D eigenvalue weighted by Crippen LogP contribution is 2.43. The summed E-state index contributed by atoms with van der Waals surface area (Å²) in [7, 11) is 1.64. The minimum absolute atomic E-state index is 0.519. The number of rotatable bonds is 5. The van der Waals surface area contributed by atoms with Gasteiger partial charge in [-0.15, -0.1) is 0 Å². The van der Waals surface area contributed by atoms with Gasteiger partial charge in [-0.2, -0.15) is 4.98 Å². The van der Waals surface area contributed by atoms with Crippen LogP contribution in [0.4, 0.5) is 5.82 Å². The van der Waals surface area contributed by atoms with Gasteiger partial charge in [0.1, 0.15) is 5.82 Å². The Hall–Kier alpha value is -1.25. The molecule has 1 heterocycles. The van der Waals surface area contributed by atoms with Crippen molar-refractivity contribution in [3.05, 3.63) is 18.2 Å². The van der Waals surface area contributed by atoms with Crippen LogP contribution in [-0.4, -0.2) is 18.6 Å². The molecule has 1 aliphatic carbocycles. The second-order valence-corrected chi connectivity index (χ2v) is 4.63. The predicted octanol–water partition coefficient (Wildman–Crippen LogP) is 3.08. The molecule has 0 radical (unpaired) electrons. The molecule has 0 aliphatic heterocycles. The summed E-state index contributed by atoms with van der Waals surface area (Å²) in [6, 6.07) is 5.82. The SMILES string of the molecule is CCC1(CNc2cccc(OC)n2)CCC1. The quantitative estimate of drug-likeness (QED) is 0.828. The number of ether oxygens (including phenoxy) is 1. The lowest BCUT2D eigenvalue weighted by Crippen LogP contribution is -2.36. The molecule has 1 aliphatic rings. The zero-order chi connectivity index (χ0) is 11.4. The van der Waals surface area contributed by atoms with Crippen molar-refractivity contribution < 1.29 is 4.74 Å². The van der Waals surface area contributed by atoms with E-state index in [1.165, 1.54) is 25.7 Å². The van der Waals surface area contributed by atoms with Crippen LogP contribution in [0, 0.1) is 5.41 Å². The monoisotopic (exact) mass is 220 g/mol. The number of nitrogens with one attached hydrogen (secondary N) is 1. The van der Waals surface area contributed by atoms with Crippen LogP contribution in [-0.2, 0) is 0 Å². The topological polar surface area (TPSA) is 34.1 Å². The molecule has 1 saturated carbocycles. The molecule has 16 heavy (non-hydrogen) atoms. The van der Waals surface area contributed by atoms with Gasteiger partial charge in [0.2, 0.25) is 5.88 Å². The molecule has 3 heteroatoms. The minimum atomic E-state index is 0.519. The maximum atomic E-state index is 5.10. The van der Waals surface area contributed by atoms with Crippen molar-refractivity contribution in [2.75, 3.05) is 19.0 Å². The van der Waals surface area contributed by atoms with Gasteiger partial charge in [0.15, 0.2) is 0 Å². The lowest BCUT2D eigenvalue weighted by molar-refractivity contribution is 0.145. The average molecular weight is 220 g/mol. The summed E-state index contributed by atoms with van der Waals surface area (Å²) in [5, 5.41) is 3.42. The largest absolute Gasteiger partial charge is 0.481 e. The van der Waals surface area contributed by atoms with Crippen LogP contribution in [0.1, 0.15) is 32.6 Å². The van der Waals surface area contributed by atoms with E-state index in [0.29, 0.717) is 11.3 Å². The van der Waals surface area contributed by atoms with Crippen LogP contribution in [0.3, 0.4) is 0 Å². The predicted molar refractivity (Wildman–Crippen MR) is 65.9 cm³/mol. The van der Waals surface area contributed by atoms with Crippen molar-refractivity contribution in [1.82, 2.24) is 4.98 Å². The van der Waals surface area contributed by atoms with Gasteiger partial charge in [-0.25, -0.2) is 0 Å². The van der Waals surface area contributed by atoms with Crippen molar-refractivity contribution in [2.45, 2.75) is 32.6 Å². The molecule has 1 N–H and O–H groups in total. The van der Waals surface area contributed by atoms with Crippen molar-refractivity contribution in [3.8, 4) is 5.88 Å². The van der Waals surface area contributed by atoms with E-state index < -0.39 is 0 Å². The van der Waals surface area contributed by atoms with Crippen LogP contribution in [0.2, 0.25) is 0 Å². The van der Waals surface area contributed by atoms with Crippen LogP contribution in [0.5, 0.6) is 5.88 Å². The van der Waals surface area contributed by atoms with E-state index in [9.17, 15) is 0 Å². The smallest absolute Gasteiger partial charge is 0.214 e. The Morgan fingerprint density at radius 2 is 2.25 bits per heavy atom. The number of hydrogen-bond donors (Lipinski definition) is 1. The Balaban J connectivity index is 1.93. The number of nitrogens with zero attached hydrogens (tertiary/aromatic N) is 1. The normalized spacial score (nSPS) is 17.6. The van der Waals surface area contributed by atoms with E-state index in [1.807, 2.05) is 18.2 Å². The number of aromatic nitrogens is 1. The van der Waals surface area contributed by atoms with Crippen LogP contribution in [0.25, 0.3) is 0 Å². The first-order valence-corrected chi connectivity index (χ1v) is 6.03. The molecule has 0 amide bonds. The third-order valence-electron chi connectivity index (χ3n) is 3.74. The highest BCUT2D eigenvalue weighted by atomic mass is 16.5. The molecule has 0 unspecified atom stereocenters. The van der Waals surface area contributed by atoms with Gasteiger partial charge in [0.05, 0.1) is 7.11 Å². The second kappa shape index (κ2) is 4.73. The first-order valence-electron chi connectivity index (χ1n) is 6.03. The summed E-state index contributed by atoms with van der Waals surface area (Å²) in [5.41, 5.74) is 0.519. The van der Waals surface area contributed by atoms with Gasteiger partial charge in [-0.1, -0.05) is 19.4 Å². The van der Waals surface area contributed by atoms with Gasteiger partial charge >= 0.3 is 0 Å². The van der Waals surface area contributed by atoms with Gasteiger partial charge in [-0.05, 0) is 30.7 Å². The molecule has 0 aromatic carbocycles. The summed E-state index contributed by atoms with van der Waals surface area (Å²) in [4.78, 5) is 4.35. The van der Waals surface area contributed by atoms with E-state index in [1.54, 1.807) is 7.11 Å². The first-order chi connectivity index (χ1) is 7.78. The van der Waals surface area contributed by atoms with Gasteiger partial charge in [-0.3, -0.25) is 0 Å². The van der Waals surface area contributed by atoms with Gasteiger partial charge in [0, 0.05) is 12.6 Å². The molecule has 2 rings (SSSR count). The molecule has 0 saturated heterocycles. The molecular weight excluding hydrogens is 200 g/mol. The van der Waals surface area contributed by atoms with Crippen LogP contribution >= 0.6 is 0 Å². The van der Waals surface area contributed by atoms with E-state index in [2.05, 4.69) is 17.2 Å². The molecule has 0 atom stereocenters. The Kier molecular flexibility index (Phi) is 3.32. The van der Waals surface area contributed by atoms with Gasteiger partial charge in [0.25, 0.3) is 0 Å². The molecule has 1 aromatic heterocycles. The Morgan fingerprint density at radius 1 is 1.44 bits per heavy atom. The van der Waals surface area contributed by atoms with Gasteiger partial charge < -0.3 is 10.1 Å². The summed E-state index contributed by atoms with van der Waals surface area (Å²) < 4.78 is 5.10. The van der Waals surface area contributed by atoms with Crippen molar-refractivity contribution in [3.63, 3.8) is 0 Å². The second-order valence-electron chi connectivity index (χ2n) is 4.63. The lowest BCUT2D eigenvalue weighted by atomic mass is 9.67. The number of methoxy groups -OCH3 is 1. The Labute approximate surface area is 97.2 Å². The number of hydrogen-bond acceptors (Lipinski definition) is 3. The highest BCUT2D eigenvalue weighted by Gasteiger charge is 2.34. The fraction of sp³-hybridized carbons (Fsp3) is 0.615. The zero-order valence-electron chi connectivity index (χ0n) is 10.1. The number of anilines is 1. The fourth-order valence-electron chi connectivity index (χ4n) is 2.24. The summed E-state index contributed by atoms with van der Waals surface area (Å²) in [6.45, 7) is 3.31. The minimum Gasteiger partial charge on any atom is -0.481 e. The third kappa shape index (κ3) is 2.29. The first kappa shape index (κ1) is 11.2. The highest BCUT2D eigenvalue weighted by molar-refractivity contribution is 5.37. The van der Waals surface area contributed by atoms with Crippen molar-refractivity contribution >= 4 is 5.82 Å². The maximum absolute atomic E-state index is 5.10. The number of pyridine rings is 1. The summed E-state index contributed by atoms with van der Waals surface area (Å²) in [5.74, 6) is 1.59. The van der Waals surface area contributed by atoms with E-state index in [0.717, 1.165) is 12.4 Å². The summed E-state index contributed by atoms with van der Waals surface area (Å²) >= 11 is 0. The Bertz CT molecular complexity index is 342. The standard InChI is InChI=1S/C13H20N2O/c1-3-13(8-5-9-13)10-14-11-6-4-7-12(15-11)16-2/h4,6-7H,3,5,8-10H2,1-2H3,(H,14,15). The zero-order valence-corrected chi connectivity index (χ0v) is 10.1. The van der Waals surface area contributed by atoms with Crippen LogP contribution < -0.4 is 10.1 Å². The Morgan fingerprint density at radius 3 is 2.81 bits per heavy atom. The van der Waals surface area contributed by atoms with E-state index in [-0.39, 0.29) is 0 Å². The molecule has 3 nitrogen and oxygen atoms in total. The molecule has 1 fully saturated rings.